The Labute approximate surface area is 113 Å². The van der Waals surface area contributed by atoms with Crippen LogP contribution in [-0.2, 0) is 13.1 Å². The SMILES string of the molecule is CCN(Cc1ccc(CNC)s1)c1ccccc1. The van der Waals surface area contributed by atoms with Crippen molar-refractivity contribution in [1.82, 2.24) is 5.32 Å². The van der Waals surface area contributed by atoms with Crippen molar-refractivity contribution in [1.29, 1.82) is 0 Å². The summed E-state index contributed by atoms with van der Waals surface area (Å²) >= 11 is 1.89. The number of benzene rings is 1. The van der Waals surface area contributed by atoms with Crippen molar-refractivity contribution in [3.05, 3.63) is 52.2 Å². The molecule has 0 fully saturated rings. The Kier molecular flexibility index (Phi) is 4.79. The summed E-state index contributed by atoms with van der Waals surface area (Å²) in [6.07, 6.45) is 0. The molecule has 0 aliphatic heterocycles. The van der Waals surface area contributed by atoms with E-state index in [1.807, 2.05) is 18.4 Å². The molecular weight excluding hydrogens is 240 g/mol. The zero-order valence-corrected chi connectivity index (χ0v) is 11.8. The highest BCUT2D eigenvalue weighted by molar-refractivity contribution is 7.12. The first kappa shape index (κ1) is 13.1. The summed E-state index contributed by atoms with van der Waals surface area (Å²) in [5.41, 5.74) is 1.29. The van der Waals surface area contributed by atoms with E-state index in [1.54, 1.807) is 0 Å². The summed E-state index contributed by atoms with van der Waals surface area (Å²) in [6.45, 7) is 5.19. The molecule has 0 bridgehead atoms. The second-order valence-corrected chi connectivity index (χ2v) is 5.50. The van der Waals surface area contributed by atoms with E-state index in [9.17, 15) is 0 Å². The molecule has 2 nitrogen and oxygen atoms in total. The Bertz CT molecular complexity index is 464. The minimum atomic E-state index is 0.960. The molecule has 1 N–H and O–H groups in total. The van der Waals surface area contributed by atoms with Gasteiger partial charge in [-0.2, -0.15) is 0 Å². The number of para-hydroxylation sites is 1. The van der Waals surface area contributed by atoms with Crippen LogP contribution in [0.1, 0.15) is 16.7 Å². The fourth-order valence-electron chi connectivity index (χ4n) is 1.99. The summed E-state index contributed by atoms with van der Waals surface area (Å²) < 4.78 is 0. The van der Waals surface area contributed by atoms with E-state index in [4.69, 9.17) is 0 Å². The molecule has 3 heteroatoms. The van der Waals surface area contributed by atoms with Gasteiger partial charge in [0.15, 0.2) is 0 Å². The molecule has 2 aromatic rings. The Hall–Kier alpha value is -1.32. The first-order chi connectivity index (χ1) is 8.83. The van der Waals surface area contributed by atoms with Crippen molar-refractivity contribution in [3.8, 4) is 0 Å². The van der Waals surface area contributed by atoms with E-state index in [0.29, 0.717) is 0 Å². The van der Waals surface area contributed by atoms with E-state index in [0.717, 1.165) is 19.6 Å². The maximum absolute atomic E-state index is 3.19. The lowest BCUT2D eigenvalue weighted by molar-refractivity contribution is 0.831. The van der Waals surface area contributed by atoms with Crippen molar-refractivity contribution >= 4 is 17.0 Å². The van der Waals surface area contributed by atoms with Crippen LogP contribution in [0.4, 0.5) is 5.69 Å². The normalized spacial score (nSPS) is 10.6. The van der Waals surface area contributed by atoms with Crippen LogP contribution in [0.2, 0.25) is 0 Å². The molecule has 0 unspecified atom stereocenters. The lowest BCUT2D eigenvalue weighted by Crippen LogP contribution is -2.21. The quantitative estimate of drug-likeness (QED) is 0.855. The van der Waals surface area contributed by atoms with Gasteiger partial charge in [0.05, 0.1) is 6.54 Å². The predicted molar refractivity (Wildman–Crippen MR) is 80.2 cm³/mol. The van der Waals surface area contributed by atoms with Crippen LogP contribution in [0.5, 0.6) is 0 Å². The Morgan fingerprint density at radius 1 is 1.06 bits per heavy atom. The largest absolute Gasteiger partial charge is 0.367 e. The molecule has 0 amide bonds. The molecule has 1 aromatic carbocycles. The average molecular weight is 260 g/mol. The van der Waals surface area contributed by atoms with Crippen LogP contribution in [0.25, 0.3) is 0 Å². The molecular formula is C15H20N2S. The van der Waals surface area contributed by atoms with Gasteiger partial charge >= 0.3 is 0 Å². The van der Waals surface area contributed by atoms with Gasteiger partial charge in [-0.05, 0) is 38.2 Å². The standard InChI is InChI=1S/C15H20N2S/c1-3-17(13-7-5-4-6-8-13)12-15-10-9-14(18-15)11-16-2/h4-10,16H,3,11-12H2,1-2H3. The first-order valence-electron chi connectivity index (χ1n) is 6.35. The monoisotopic (exact) mass is 260 g/mol. The zero-order chi connectivity index (χ0) is 12.8. The van der Waals surface area contributed by atoms with Gasteiger partial charge in [-0.3, -0.25) is 0 Å². The molecule has 2 rings (SSSR count). The number of thiophene rings is 1. The minimum Gasteiger partial charge on any atom is -0.367 e. The average Bonchev–Trinajstić information content (AvgIpc) is 2.85. The van der Waals surface area contributed by atoms with E-state index < -0.39 is 0 Å². The molecule has 0 spiro atoms. The minimum absolute atomic E-state index is 0.960. The van der Waals surface area contributed by atoms with Crippen LogP contribution >= 0.6 is 11.3 Å². The van der Waals surface area contributed by atoms with E-state index in [2.05, 4.69) is 59.6 Å². The Morgan fingerprint density at radius 2 is 1.78 bits per heavy atom. The van der Waals surface area contributed by atoms with Gasteiger partial charge in [0.25, 0.3) is 0 Å². The van der Waals surface area contributed by atoms with Crippen molar-refractivity contribution < 1.29 is 0 Å². The lowest BCUT2D eigenvalue weighted by Gasteiger charge is -2.22. The van der Waals surface area contributed by atoms with Crippen LogP contribution in [0, 0.1) is 0 Å². The number of anilines is 1. The van der Waals surface area contributed by atoms with Crippen molar-refractivity contribution in [2.24, 2.45) is 0 Å². The molecule has 0 atom stereocenters. The van der Waals surface area contributed by atoms with E-state index >= 15 is 0 Å². The molecule has 1 aromatic heterocycles. The number of nitrogens with one attached hydrogen (secondary N) is 1. The van der Waals surface area contributed by atoms with Gasteiger partial charge in [-0.1, -0.05) is 18.2 Å². The lowest BCUT2D eigenvalue weighted by atomic mass is 10.3. The summed E-state index contributed by atoms with van der Waals surface area (Å²) in [4.78, 5) is 5.22. The maximum atomic E-state index is 3.19. The van der Waals surface area contributed by atoms with Gasteiger partial charge in [0.2, 0.25) is 0 Å². The molecule has 0 saturated heterocycles. The fraction of sp³-hybridized carbons (Fsp3) is 0.333. The number of nitrogens with zero attached hydrogens (tertiary/aromatic N) is 1. The molecule has 0 aliphatic rings. The Balaban J connectivity index is 2.06. The van der Waals surface area contributed by atoms with Gasteiger partial charge in [0.1, 0.15) is 0 Å². The molecule has 0 radical (unpaired) electrons. The maximum Gasteiger partial charge on any atom is 0.0522 e. The third-order valence-corrected chi connectivity index (χ3v) is 3.99. The summed E-state index contributed by atoms with van der Waals surface area (Å²) in [5, 5.41) is 3.19. The number of rotatable bonds is 6. The number of hydrogen-bond donors (Lipinski definition) is 1. The fourth-order valence-corrected chi connectivity index (χ4v) is 3.03. The van der Waals surface area contributed by atoms with Crippen molar-refractivity contribution in [2.45, 2.75) is 20.0 Å². The third kappa shape index (κ3) is 3.34. The highest BCUT2D eigenvalue weighted by Gasteiger charge is 2.06. The van der Waals surface area contributed by atoms with Gasteiger partial charge in [-0.15, -0.1) is 11.3 Å². The second-order valence-electron chi connectivity index (χ2n) is 4.25. The highest BCUT2D eigenvalue weighted by Crippen LogP contribution is 2.21. The van der Waals surface area contributed by atoms with E-state index in [-0.39, 0.29) is 0 Å². The van der Waals surface area contributed by atoms with Crippen LogP contribution < -0.4 is 10.2 Å². The van der Waals surface area contributed by atoms with Crippen LogP contribution in [-0.4, -0.2) is 13.6 Å². The molecule has 18 heavy (non-hydrogen) atoms. The second kappa shape index (κ2) is 6.57. The molecule has 0 aliphatic carbocycles. The molecule has 1 heterocycles. The summed E-state index contributed by atoms with van der Waals surface area (Å²) in [5.74, 6) is 0. The number of hydrogen-bond acceptors (Lipinski definition) is 3. The zero-order valence-electron chi connectivity index (χ0n) is 11.0. The Morgan fingerprint density at radius 3 is 2.44 bits per heavy atom. The highest BCUT2D eigenvalue weighted by atomic mass is 32.1. The third-order valence-electron chi connectivity index (χ3n) is 2.92. The van der Waals surface area contributed by atoms with Crippen molar-refractivity contribution in [3.63, 3.8) is 0 Å². The first-order valence-corrected chi connectivity index (χ1v) is 7.17. The smallest absolute Gasteiger partial charge is 0.0522 e. The topological polar surface area (TPSA) is 15.3 Å². The molecule has 0 saturated carbocycles. The van der Waals surface area contributed by atoms with Gasteiger partial charge < -0.3 is 10.2 Å². The van der Waals surface area contributed by atoms with Gasteiger partial charge in [-0.25, -0.2) is 0 Å². The van der Waals surface area contributed by atoms with Crippen LogP contribution in [0.3, 0.4) is 0 Å². The summed E-state index contributed by atoms with van der Waals surface area (Å²) in [7, 11) is 1.99. The van der Waals surface area contributed by atoms with Crippen LogP contribution in [0.15, 0.2) is 42.5 Å². The van der Waals surface area contributed by atoms with Crippen molar-refractivity contribution in [2.75, 3.05) is 18.5 Å². The van der Waals surface area contributed by atoms with Gasteiger partial charge in [0, 0.05) is 28.5 Å². The molecule has 96 valence electrons. The predicted octanol–water partition coefficient (Wildman–Crippen LogP) is 3.49. The van der Waals surface area contributed by atoms with E-state index in [1.165, 1.54) is 15.4 Å². The summed E-state index contributed by atoms with van der Waals surface area (Å²) in [6, 6.07) is 15.1.